The lowest BCUT2D eigenvalue weighted by Crippen LogP contribution is -2.52. The van der Waals surface area contributed by atoms with E-state index in [0.717, 1.165) is 74.7 Å². The highest BCUT2D eigenvalue weighted by Gasteiger charge is 2.53. The van der Waals surface area contributed by atoms with Crippen LogP contribution in [0.3, 0.4) is 0 Å². The fourth-order valence-electron chi connectivity index (χ4n) is 6.62. The number of hydrogen-bond donors (Lipinski definition) is 0. The van der Waals surface area contributed by atoms with E-state index < -0.39 is 0 Å². The summed E-state index contributed by atoms with van der Waals surface area (Å²) < 4.78 is 12.1. The van der Waals surface area contributed by atoms with Gasteiger partial charge in [-0.2, -0.15) is 0 Å². The van der Waals surface area contributed by atoms with E-state index in [9.17, 15) is 4.79 Å². The van der Waals surface area contributed by atoms with Crippen molar-refractivity contribution < 1.29 is 14.3 Å². The minimum absolute atomic E-state index is 0.113. The first-order chi connectivity index (χ1) is 12.9. The summed E-state index contributed by atoms with van der Waals surface area (Å²) in [5.74, 6) is 2.83. The summed E-state index contributed by atoms with van der Waals surface area (Å²) in [5.41, 5.74) is 1.62. The molecule has 0 unspecified atom stereocenters. The van der Waals surface area contributed by atoms with Crippen LogP contribution >= 0.6 is 0 Å². The van der Waals surface area contributed by atoms with Gasteiger partial charge in [-0.1, -0.05) is 18.7 Å². The van der Waals surface area contributed by atoms with Crippen molar-refractivity contribution in [1.82, 2.24) is 0 Å². The summed E-state index contributed by atoms with van der Waals surface area (Å²) in [7, 11) is 0. The van der Waals surface area contributed by atoms with E-state index in [4.69, 9.17) is 9.47 Å². The van der Waals surface area contributed by atoms with Gasteiger partial charge in [-0.05, 0) is 101 Å². The van der Waals surface area contributed by atoms with Crippen LogP contribution in [0.5, 0.6) is 0 Å². The Hall–Kier alpha value is -1.09. The second-order valence-corrected chi connectivity index (χ2v) is 10.2. The van der Waals surface area contributed by atoms with Crippen molar-refractivity contribution in [3.8, 4) is 0 Å². The molecule has 0 atom stereocenters. The molecule has 0 spiro atoms. The maximum atomic E-state index is 12.8. The topological polar surface area (TPSA) is 35.5 Å². The number of esters is 1. The molecule has 27 heavy (non-hydrogen) atoms. The van der Waals surface area contributed by atoms with Crippen LogP contribution in [0.1, 0.15) is 77.6 Å². The summed E-state index contributed by atoms with van der Waals surface area (Å²) >= 11 is 0. The van der Waals surface area contributed by atoms with E-state index in [1.54, 1.807) is 0 Å². The molecule has 3 heteroatoms. The van der Waals surface area contributed by atoms with Crippen LogP contribution < -0.4 is 0 Å². The van der Waals surface area contributed by atoms with Crippen LogP contribution in [0.2, 0.25) is 0 Å². The monoisotopic (exact) mass is 372 g/mol. The second kappa shape index (κ2) is 7.73. The zero-order valence-electron chi connectivity index (χ0n) is 17.0. The van der Waals surface area contributed by atoms with Crippen molar-refractivity contribution >= 4 is 5.97 Å². The predicted octanol–water partition coefficient (Wildman–Crippen LogP) is 5.60. The van der Waals surface area contributed by atoms with Crippen LogP contribution in [0, 0.1) is 23.7 Å². The van der Waals surface area contributed by atoms with E-state index >= 15 is 0 Å². The SMILES string of the molecule is C=C(C)COC1CCC(CC(=C)C(=O)OC23CC4CC(CC(C4)C2)C3)CC1. The smallest absolute Gasteiger partial charge is 0.333 e. The molecule has 5 aliphatic rings. The number of ether oxygens (including phenoxy) is 2. The maximum Gasteiger partial charge on any atom is 0.333 e. The van der Waals surface area contributed by atoms with Crippen LogP contribution in [0.25, 0.3) is 0 Å². The highest BCUT2D eigenvalue weighted by Crippen LogP contribution is 2.57. The van der Waals surface area contributed by atoms with Crippen molar-refractivity contribution in [2.45, 2.75) is 89.3 Å². The molecule has 5 rings (SSSR count). The fourth-order valence-corrected chi connectivity index (χ4v) is 6.62. The molecule has 0 N–H and O–H groups in total. The Morgan fingerprint density at radius 1 is 0.963 bits per heavy atom. The summed E-state index contributed by atoms with van der Waals surface area (Å²) in [6.45, 7) is 10.7. The van der Waals surface area contributed by atoms with Gasteiger partial charge in [0.05, 0.1) is 12.7 Å². The Bertz CT molecular complexity index is 561. The summed E-state index contributed by atoms with van der Waals surface area (Å²) in [6, 6.07) is 0. The molecule has 0 radical (unpaired) electrons. The zero-order valence-corrected chi connectivity index (χ0v) is 17.0. The van der Waals surface area contributed by atoms with Crippen molar-refractivity contribution in [3.63, 3.8) is 0 Å². The number of carbonyl (C=O) groups is 1. The van der Waals surface area contributed by atoms with Crippen molar-refractivity contribution in [2.75, 3.05) is 6.61 Å². The minimum Gasteiger partial charge on any atom is -0.456 e. The molecule has 3 nitrogen and oxygen atoms in total. The molecule has 4 bridgehead atoms. The van der Waals surface area contributed by atoms with Crippen molar-refractivity contribution in [2.24, 2.45) is 23.7 Å². The minimum atomic E-state index is -0.150. The third-order valence-electron chi connectivity index (χ3n) is 7.47. The molecule has 150 valence electrons. The van der Waals surface area contributed by atoms with Gasteiger partial charge in [-0.15, -0.1) is 0 Å². The predicted molar refractivity (Wildman–Crippen MR) is 107 cm³/mol. The molecule has 0 aliphatic heterocycles. The quantitative estimate of drug-likeness (QED) is 0.332. The lowest BCUT2D eigenvalue weighted by Gasteiger charge is -2.55. The number of rotatable bonds is 7. The van der Waals surface area contributed by atoms with Gasteiger partial charge in [-0.25, -0.2) is 4.79 Å². The zero-order chi connectivity index (χ0) is 19.0. The fraction of sp³-hybridized carbons (Fsp3) is 0.792. The van der Waals surface area contributed by atoms with Gasteiger partial charge in [-0.3, -0.25) is 0 Å². The molecular weight excluding hydrogens is 336 g/mol. The van der Waals surface area contributed by atoms with Crippen LogP contribution in [0.15, 0.2) is 24.3 Å². The average molecular weight is 373 g/mol. The van der Waals surface area contributed by atoms with Gasteiger partial charge < -0.3 is 9.47 Å². The third kappa shape index (κ3) is 4.50. The Morgan fingerprint density at radius 2 is 1.52 bits per heavy atom. The van der Waals surface area contributed by atoms with Gasteiger partial charge in [0.2, 0.25) is 0 Å². The van der Waals surface area contributed by atoms with E-state index in [-0.39, 0.29) is 11.6 Å². The lowest BCUT2D eigenvalue weighted by atomic mass is 9.54. The normalized spacial score (nSPS) is 40.0. The first-order valence-electron chi connectivity index (χ1n) is 11.1. The molecular formula is C24H36O3. The Kier molecular flexibility index (Phi) is 5.51. The van der Waals surface area contributed by atoms with E-state index in [1.807, 2.05) is 6.92 Å². The molecule has 0 aromatic rings. The van der Waals surface area contributed by atoms with Gasteiger partial charge in [0.25, 0.3) is 0 Å². The number of hydrogen-bond acceptors (Lipinski definition) is 3. The molecule has 5 saturated carbocycles. The second-order valence-electron chi connectivity index (χ2n) is 10.2. The molecule has 0 heterocycles. The molecule has 5 aliphatic carbocycles. The van der Waals surface area contributed by atoms with Crippen LogP contribution in [-0.4, -0.2) is 24.3 Å². The third-order valence-corrected chi connectivity index (χ3v) is 7.47. The van der Waals surface area contributed by atoms with Crippen LogP contribution in [0.4, 0.5) is 0 Å². The van der Waals surface area contributed by atoms with Crippen LogP contribution in [-0.2, 0) is 14.3 Å². The largest absolute Gasteiger partial charge is 0.456 e. The van der Waals surface area contributed by atoms with Gasteiger partial charge >= 0.3 is 5.97 Å². The van der Waals surface area contributed by atoms with Crippen molar-refractivity contribution in [3.05, 3.63) is 24.3 Å². The highest BCUT2D eigenvalue weighted by molar-refractivity contribution is 5.88. The molecule has 0 saturated heterocycles. The summed E-state index contributed by atoms with van der Waals surface area (Å²) in [6.07, 6.45) is 12.9. The van der Waals surface area contributed by atoms with E-state index in [0.29, 0.717) is 24.2 Å². The lowest BCUT2D eigenvalue weighted by molar-refractivity contribution is -0.182. The Morgan fingerprint density at radius 3 is 2.04 bits per heavy atom. The Balaban J connectivity index is 1.23. The van der Waals surface area contributed by atoms with Gasteiger partial charge in [0.15, 0.2) is 0 Å². The molecule has 0 aromatic carbocycles. The first kappa shape index (κ1) is 19.2. The Labute approximate surface area is 164 Å². The number of carbonyl (C=O) groups excluding carboxylic acids is 1. The van der Waals surface area contributed by atoms with Gasteiger partial charge in [0, 0.05) is 5.57 Å². The standard InChI is InChI=1S/C24H36O3/c1-16(2)15-26-22-6-4-18(5-7-22)8-17(3)23(25)27-24-12-19-9-20(13-24)11-21(10-19)14-24/h18-22H,1,3-15H2,2H3. The average Bonchev–Trinajstić information content (AvgIpc) is 2.59. The molecule has 5 fully saturated rings. The van der Waals surface area contributed by atoms with E-state index in [1.165, 1.54) is 19.3 Å². The summed E-state index contributed by atoms with van der Waals surface area (Å²) in [5, 5.41) is 0. The maximum absolute atomic E-state index is 12.8. The first-order valence-corrected chi connectivity index (χ1v) is 11.1. The molecule has 0 aromatic heterocycles. The van der Waals surface area contributed by atoms with Gasteiger partial charge in [0.1, 0.15) is 5.60 Å². The van der Waals surface area contributed by atoms with Crippen molar-refractivity contribution in [1.29, 1.82) is 0 Å². The summed E-state index contributed by atoms with van der Waals surface area (Å²) in [4.78, 5) is 12.8. The highest BCUT2D eigenvalue weighted by atomic mass is 16.6. The molecule has 0 amide bonds. The van der Waals surface area contributed by atoms with E-state index in [2.05, 4.69) is 13.2 Å².